The number of nitrogens with zero attached hydrogens (tertiary/aromatic N) is 6. The molecule has 0 aromatic carbocycles. The Morgan fingerprint density at radius 2 is 2.21 bits per heavy atom. The molecule has 0 amide bonds. The second-order valence-electron chi connectivity index (χ2n) is 5.89. The van der Waals surface area contributed by atoms with Crippen molar-refractivity contribution in [1.29, 1.82) is 0 Å². The van der Waals surface area contributed by atoms with Crippen molar-refractivity contribution in [1.82, 2.24) is 24.6 Å². The number of ether oxygens (including phenoxy) is 1. The molecule has 0 aliphatic carbocycles. The van der Waals surface area contributed by atoms with Crippen molar-refractivity contribution in [2.75, 3.05) is 30.4 Å². The van der Waals surface area contributed by atoms with Gasteiger partial charge in [0.2, 0.25) is 5.95 Å². The summed E-state index contributed by atoms with van der Waals surface area (Å²) >= 11 is 0. The van der Waals surface area contributed by atoms with Gasteiger partial charge in [0.25, 0.3) is 0 Å². The summed E-state index contributed by atoms with van der Waals surface area (Å²) in [7, 11) is 0. The van der Waals surface area contributed by atoms with Gasteiger partial charge >= 0.3 is 0 Å². The first kappa shape index (κ1) is 14.8. The maximum Gasteiger partial charge on any atom is 0.222 e. The average Bonchev–Trinajstić information content (AvgIpc) is 2.88. The molecule has 0 radical (unpaired) electrons. The van der Waals surface area contributed by atoms with Crippen LogP contribution in [0.1, 0.15) is 23.7 Å². The highest BCUT2D eigenvalue weighted by atomic mass is 16.5. The number of pyridine rings is 1. The number of hydrogen-bond donors (Lipinski definition) is 1. The van der Waals surface area contributed by atoms with Crippen molar-refractivity contribution in [2.45, 2.75) is 19.4 Å². The molecule has 2 N–H and O–H groups in total. The monoisotopic (exact) mass is 325 g/mol. The normalized spacial score (nSPS) is 18.7. The fourth-order valence-electron chi connectivity index (χ4n) is 3.08. The molecule has 0 bridgehead atoms. The van der Waals surface area contributed by atoms with E-state index in [1.54, 1.807) is 10.8 Å². The predicted molar refractivity (Wildman–Crippen MR) is 89.7 cm³/mol. The van der Waals surface area contributed by atoms with E-state index in [-0.39, 0.29) is 6.04 Å². The molecule has 1 aliphatic heterocycles. The van der Waals surface area contributed by atoms with Gasteiger partial charge in [-0.1, -0.05) is 6.07 Å². The molecule has 24 heavy (non-hydrogen) atoms. The molecule has 8 nitrogen and oxygen atoms in total. The molecule has 3 aromatic rings. The summed E-state index contributed by atoms with van der Waals surface area (Å²) in [6.07, 6.45) is 4.48. The molecular weight excluding hydrogens is 306 g/mol. The van der Waals surface area contributed by atoms with Gasteiger partial charge in [0.15, 0.2) is 5.65 Å². The maximum absolute atomic E-state index is 5.85. The third kappa shape index (κ3) is 2.76. The Morgan fingerprint density at radius 3 is 3.08 bits per heavy atom. The van der Waals surface area contributed by atoms with Crippen molar-refractivity contribution in [3.05, 3.63) is 42.0 Å². The highest BCUT2D eigenvalue weighted by Gasteiger charge is 2.25. The fraction of sp³-hybridized carbons (Fsp3) is 0.375. The molecule has 8 heteroatoms. The van der Waals surface area contributed by atoms with E-state index in [1.807, 2.05) is 25.3 Å². The van der Waals surface area contributed by atoms with Gasteiger partial charge < -0.3 is 15.4 Å². The van der Waals surface area contributed by atoms with Crippen LogP contribution in [0.2, 0.25) is 0 Å². The predicted octanol–water partition coefficient (Wildman–Crippen LogP) is 1.38. The first-order chi connectivity index (χ1) is 11.7. The van der Waals surface area contributed by atoms with Gasteiger partial charge in [-0.2, -0.15) is 10.1 Å². The van der Waals surface area contributed by atoms with Crippen LogP contribution in [-0.2, 0) is 4.74 Å². The lowest BCUT2D eigenvalue weighted by molar-refractivity contribution is 0.134. The first-order valence-electron chi connectivity index (χ1n) is 7.95. The number of nitrogens with two attached hydrogens (primary N) is 1. The Balaban J connectivity index is 1.76. The quantitative estimate of drug-likeness (QED) is 0.760. The summed E-state index contributed by atoms with van der Waals surface area (Å²) in [4.78, 5) is 15.0. The first-order valence-corrected chi connectivity index (χ1v) is 7.95. The standard InChI is InChI=1S/C16H19N7O/c1-11-7-15(21-16(17)20-11)22-5-2-6-24-9-13(22)12-3-4-14-18-10-19-23(14)8-12/h3-4,7-8,10,13H,2,5-6,9H2,1H3,(H2,17,20,21). The molecule has 1 unspecified atom stereocenters. The van der Waals surface area contributed by atoms with Crippen LogP contribution in [0.4, 0.5) is 11.8 Å². The zero-order valence-corrected chi connectivity index (χ0v) is 13.5. The largest absolute Gasteiger partial charge is 0.379 e. The molecule has 4 rings (SSSR count). The van der Waals surface area contributed by atoms with Crippen LogP contribution in [-0.4, -0.2) is 44.3 Å². The van der Waals surface area contributed by atoms with Crippen LogP contribution < -0.4 is 10.6 Å². The summed E-state index contributed by atoms with van der Waals surface area (Å²) in [5.41, 5.74) is 8.62. The van der Waals surface area contributed by atoms with Gasteiger partial charge in [-0.3, -0.25) is 0 Å². The van der Waals surface area contributed by atoms with E-state index in [0.717, 1.165) is 42.3 Å². The van der Waals surface area contributed by atoms with Gasteiger partial charge in [0.05, 0.1) is 12.6 Å². The summed E-state index contributed by atoms with van der Waals surface area (Å²) in [5, 5.41) is 4.22. The maximum atomic E-state index is 5.85. The van der Waals surface area contributed by atoms with E-state index in [9.17, 15) is 0 Å². The van der Waals surface area contributed by atoms with Crippen LogP contribution in [0.25, 0.3) is 5.65 Å². The lowest BCUT2D eigenvalue weighted by atomic mass is 10.1. The van der Waals surface area contributed by atoms with Crippen LogP contribution in [0, 0.1) is 6.92 Å². The van der Waals surface area contributed by atoms with Gasteiger partial charge in [-0.25, -0.2) is 14.5 Å². The second-order valence-corrected chi connectivity index (χ2v) is 5.89. The van der Waals surface area contributed by atoms with Crippen molar-refractivity contribution in [3.63, 3.8) is 0 Å². The molecule has 124 valence electrons. The molecule has 1 aliphatic rings. The smallest absolute Gasteiger partial charge is 0.222 e. The number of rotatable bonds is 2. The Labute approximate surface area is 139 Å². The highest BCUT2D eigenvalue weighted by Crippen LogP contribution is 2.29. The summed E-state index contributed by atoms with van der Waals surface area (Å²) in [6.45, 7) is 4.09. The summed E-state index contributed by atoms with van der Waals surface area (Å²) < 4.78 is 7.58. The zero-order chi connectivity index (χ0) is 16.5. The minimum absolute atomic E-state index is 0.0369. The third-order valence-electron chi connectivity index (χ3n) is 4.17. The second kappa shape index (κ2) is 6.04. The van der Waals surface area contributed by atoms with Gasteiger partial charge in [0, 0.05) is 31.1 Å². The number of hydrogen-bond acceptors (Lipinski definition) is 7. The number of nitrogen functional groups attached to an aromatic ring is 1. The van der Waals surface area contributed by atoms with E-state index in [4.69, 9.17) is 10.5 Å². The lowest BCUT2D eigenvalue weighted by Crippen LogP contribution is -2.32. The van der Waals surface area contributed by atoms with Crippen LogP contribution in [0.3, 0.4) is 0 Å². The number of anilines is 2. The molecule has 4 heterocycles. The summed E-state index contributed by atoms with van der Waals surface area (Å²) in [5.74, 6) is 1.12. The minimum Gasteiger partial charge on any atom is -0.379 e. The van der Waals surface area contributed by atoms with Crippen LogP contribution >= 0.6 is 0 Å². The van der Waals surface area contributed by atoms with E-state index in [1.165, 1.54) is 0 Å². The Morgan fingerprint density at radius 1 is 1.29 bits per heavy atom. The van der Waals surface area contributed by atoms with Crippen molar-refractivity contribution in [2.24, 2.45) is 0 Å². The topological polar surface area (TPSA) is 94.5 Å². The minimum atomic E-state index is 0.0369. The van der Waals surface area contributed by atoms with Gasteiger partial charge in [0.1, 0.15) is 12.1 Å². The van der Waals surface area contributed by atoms with Gasteiger partial charge in [-0.15, -0.1) is 0 Å². The third-order valence-corrected chi connectivity index (χ3v) is 4.17. The van der Waals surface area contributed by atoms with Crippen LogP contribution in [0.15, 0.2) is 30.7 Å². The Kier molecular flexibility index (Phi) is 3.73. The molecule has 3 aromatic heterocycles. The fourth-order valence-corrected chi connectivity index (χ4v) is 3.08. The van der Waals surface area contributed by atoms with E-state index >= 15 is 0 Å². The molecule has 1 atom stereocenters. The lowest BCUT2D eigenvalue weighted by Gasteiger charge is -2.30. The molecule has 0 saturated carbocycles. The molecule has 0 spiro atoms. The number of aromatic nitrogens is 5. The Hall–Kier alpha value is -2.74. The van der Waals surface area contributed by atoms with Crippen molar-refractivity contribution >= 4 is 17.4 Å². The highest BCUT2D eigenvalue weighted by molar-refractivity contribution is 5.47. The molecule has 1 saturated heterocycles. The molecule has 1 fully saturated rings. The number of fused-ring (bicyclic) bond motifs is 1. The SMILES string of the molecule is Cc1cc(N2CCCOCC2c2ccc3ncnn3c2)nc(N)n1. The number of aryl methyl sites for hydroxylation is 1. The summed E-state index contributed by atoms with van der Waals surface area (Å²) in [6, 6.07) is 6.02. The van der Waals surface area contributed by atoms with E-state index < -0.39 is 0 Å². The van der Waals surface area contributed by atoms with Gasteiger partial charge in [-0.05, 0) is 25.0 Å². The Bertz CT molecular complexity index is 842. The van der Waals surface area contributed by atoms with E-state index in [0.29, 0.717) is 12.6 Å². The molecular formula is C16H19N7O. The average molecular weight is 325 g/mol. The van der Waals surface area contributed by atoms with E-state index in [2.05, 4.69) is 31.0 Å². The van der Waals surface area contributed by atoms with Crippen molar-refractivity contribution in [3.8, 4) is 0 Å². The zero-order valence-electron chi connectivity index (χ0n) is 13.5. The van der Waals surface area contributed by atoms with Crippen molar-refractivity contribution < 1.29 is 4.74 Å². The van der Waals surface area contributed by atoms with Crippen LogP contribution in [0.5, 0.6) is 0 Å².